The van der Waals surface area contributed by atoms with Gasteiger partial charge in [-0.15, -0.1) is 11.8 Å². The Hall–Kier alpha value is -1.10. The van der Waals surface area contributed by atoms with Gasteiger partial charge in [-0.05, 0) is 35.9 Å². The second kappa shape index (κ2) is 6.37. The first-order valence-electron chi connectivity index (χ1n) is 5.57. The van der Waals surface area contributed by atoms with Gasteiger partial charge in [-0.2, -0.15) is 0 Å². The summed E-state index contributed by atoms with van der Waals surface area (Å²) in [5, 5.41) is 10.5. The second-order valence-electron chi connectivity index (χ2n) is 3.99. The molecule has 0 aliphatic heterocycles. The van der Waals surface area contributed by atoms with Gasteiger partial charge in [0.15, 0.2) is 0 Å². The molecule has 1 atom stereocenters. The van der Waals surface area contributed by atoms with Crippen molar-refractivity contribution in [1.29, 1.82) is 0 Å². The van der Waals surface area contributed by atoms with Crippen molar-refractivity contribution >= 4 is 23.4 Å². The summed E-state index contributed by atoms with van der Waals surface area (Å²) in [4.78, 5) is 0.892. The van der Waals surface area contributed by atoms with Crippen LogP contribution < -0.4 is 0 Å². The van der Waals surface area contributed by atoms with E-state index in [1.807, 2.05) is 6.07 Å². The number of halogens is 3. The highest BCUT2D eigenvalue weighted by Crippen LogP contribution is 2.27. The Kier molecular flexibility index (Phi) is 4.80. The van der Waals surface area contributed by atoms with E-state index in [9.17, 15) is 13.9 Å². The maximum absolute atomic E-state index is 13.0. The topological polar surface area (TPSA) is 20.2 Å². The summed E-state index contributed by atoms with van der Waals surface area (Å²) in [6.07, 6.45) is -0.936. The summed E-state index contributed by atoms with van der Waals surface area (Å²) >= 11 is 7.21. The zero-order valence-corrected chi connectivity index (χ0v) is 11.4. The lowest BCUT2D eigenvalue weighted by Crippen LogP contribution is -2.02. The summed E-state index contributed by atoms with van der Waals surface area (Å²) in [6, 6.07) is 10.2. The maximum Gasteiger partial charge on any atom is 0.126 e. The smallest absolute Gasteiger partial charge is 0.126 e. The van der Waals surface area contributed by atoms with Crippen LogP contribution in [0.3, 0.4) is 0 Å². The molecular formula is C14H11ClF2OS. The summed E-state index contributed by atoms with van der Waals surface area (Å²) in [5.74, 6) is -1.09. The molecule has 1 nitrogen and oxygen atoms in total. The van der Waals surface area contributed by atoms with Crippen molar-refractivity contribution in [3.05, 3.63) is 64.7 Å². The van der Waals surface area contributed by atoms with E-state index in [0.717, 1.165) is 23.1 Å². The Morgan fingerprint density at radius 2 is 1.79 bits per heavy atom. The molecule has 0 amide bonds. The van der Waals surface area contributed by atoms with Crippen LogP contribution in [0.1, 0.15) is 11.7 Å². The highest BCUT2D eigenvalue weighted by Gasteiger charge is 2.11. The number of hydrogen-bond acceptors (Lipinski definition) is 2. The molecule has 0 bridgehead atoms. The van der Waals surface area contributed by atoms with Crippen LogP contribution in [0, 0.1) is 11.6 Å². The lowest BCUT2D eigenvalue weighted by atomic mass is 10.1. The number of aliphatic hydroxyl groups is 1. The molecule has 1 N–H and O–H groups in total. The van der Waals surface area contributed by atoms with Crippen LogP contribution >= 0.6 is 23.4 Å². The van der Waals surface area contributed by atoms with E-state index in [-0.39, 0.29) is 5.56 Å². The third-order valence-corrected chi connectivity index (χ3v) is 3.78. The molecule has 2 rings (SSSR count). The molecular weight excluding hydrogens is 290 g/mol. The van der Waals surface area contributed by atoms with Crippen LogP contribution in [0.4, 0.5) is 8.78 Å². The third-order valence-electron chi connectivity index (χ3n) is 2.47. The van der Waals surface area contributed by atoms with Crippen LogP contribution in [-0.4, -0.2) is 10.9 Å². The first-order valence-corrected chi connectivity index (χ1v) is 6.93. The van der Waals surface area contributed by atoms with E-state index in [1.54, 1.807) is 18.2 Å². The zero-order valence-electron chi connectivity index (χ0n) is 9.82. The van der Waals surface area contributed by atoms with Gasteiger partial charge in [-0.25, -0.2) is 8.78 Å². The molecule has 0 saturated heterocycles. The SMILES string of the molecule is OC(CSc1cccc(Cl)c1)c1cc(F)cc(F)c1. The van der Waals surface area contributed by atoms with E-state index < -0.39 is 17.7 Å². The van der Waals surface area contributed by atoms with Gasteiger partial charge in [0.25, 0.3) is 0 Å². The molecule has 0 aliphatic carbocycles. The molecule has 0 fully saturated rings. The van der Waals surface area contributed by atoms with E-state index in [4.69, 9.17) is 11.6 Å². The molecule has 100 valence electrons. The van der Waals surface area contributed by atoms with Gasteiger partial charge in [0.05, 0.1) is 6.10 Å². The summed E-state index contributed by atoms with van der Waals surface area (Å²) in [6.45, 7) is 0. The van der Waals surface area contributed by atoms with Crippen LogP contribution in [0.2, 0.25) is 5.02 Å². The van der Waals surface area contributed by atoms with Gasteiger partial charge in [-0.3, -0.25) is 0 Å². The fraction of sp³-hybridized carbons (Fsp3) is 0.143. The predicted octanol–water partition coefficient (Wildman–Crippen LogP) is 4.44. The quantitative estimate of drug-likeness (QED) is 0.842. The third kappa shape index (κ3) is 4.20. The summed E-state index contributed by atoms with van der Waals surface area (Å²) in [5.41, 5.74) is 0.229. The Morgan fingerprint density at radius 3 is 2.42 bits per heavy atom. The van der Waals surface area contributed by atoms with Crippen LogP contribution in [0.5, 0.6) is 0 Å². The van der Waals surface area contributed by atoms with Crippen LogP contribution in [0.25, 0.3) is 0 Å². The lowest BCUT2D eigenvalue weighted by molar-refractivity contribution is 0.203. The monoisotopic (exact) mass is 300 g/mol. The number of benzene rings is 2. The van der Waals surface area contributed by atoms with Gasteiger partial charge < -0.3 is 5.11 Å². The molecule has 1 unspecified atom stereocenters. The number of aliphatic hydroxyl groups excluding tert-OH is 1. The molecule has 2 aromatic rings. The number of rotatable bonds is 4. The molecule has 0 heterocycles. The van der Waals surface area contributed by atoms with Crippen LogP contribution in [0.15, 0.2) is 47.4 Å². The zero-order chi connectivity index (χ0) is 13.8. The van der Waals surface area contributed by atoms with E-state index in [1.165, 1.54) is 11.8 Å². The molecule has 0 radical (unpaired) electrons. The first kappa shape index (κ1) is 14.3. The van der Waals surface area contributed by atoms with E-state index in [2.05, 4.69) is 0 Å². The Morgan fingerprint density at radius 1 is 1.11 bits per heavy atom. The van der Waals surface area contributed by atoms with Gasteiger partial charge >= 0.3 is 0 Å². The number of hydrogen-bond donors (Lipinski definition) is 1. The minimum Gasteiger partial charge on any atom is -0.388 e. The van der Waals surface area contributed by atoms with Crippen LogP contribution in [-0.2, 0) is 0 Å². The number of thioether (sulfide) groups is 1. The molecule has 0 saturated carbocycles. The highest BCUT2D eigenvalue weighted by atomic mass is 35.5. The Labute approximate surface area is 119 Å². The predicted molar refractivity (Wildman–Crippen MR) is 73.5 cm³/mol. The molecule has 5 heteroatoms. The van der Waals surface area contributed by atoms with Crippen molar-refractivity contribution in [2.75, 3.05) is 5.75 Å². The minimum atomic E-state index is -0.936. The summed E-state index contributed by atoms with van der Waals surface area (Å²) < 4.78 is 26.1. The Balaban J connectivity index is 2.03. The van der Waals surface area contributed by atoms with E-state index in [0.29, 0.717) is 10.8 Å². The lowest BCUT2D eigenvalue weighted by Gasteiger charge is -2.11. The van der Waals surface area contributed by atoms with Crippen molar-refractivity contribution in [2.45, 2.75) is 11.0 Å². The van der Waals surface area contributed by atoms with Crippen molar-refractivity contribution < 1.29 is 13.9 Å². The van der Waals surface area contributed by atoms with Crippen molar-refractivity contribution in [3.63, 3.8) is 0 Å². The van der Waals surface area contributed by atoms with Gasteiger partial charge in [0.2, 0.25) is 0 Å². The highest BCUT2D eigenvalue weighted by molar-refractivity contribution is 7.99. The van der Waals surface area contributed by atoms with Gasteiger partial charge in [0, 0.05) is 21.7 Å². The average molecular weight is 301 g/mol. The normalized spacial score (nSPS) is 12.4. The van der Waals surface area contributed by atoms with Crippen molar-refractivity contribution in [3.8, 4) is 0 Å². The molecule has 0 spiro atoms. The van der Waals surface area contributed by atoms with Crippen molar-refractivity contribution in [2.24, 2.45) is 0 Å². The second-order valence-corrected chi connectivity index (χ2v) is 5.52. The fourth-order valence-corrected chi connectivity index (χ4v) is 2.78. The van der Waals surface area contributed by atoms with Crippen molar-refractivity contribution in [1.82, 2.24) is 0 Å². The first-order chi connectivity index (χ1) is 9.04. The van der Waals surface area contributed by atoms with Gasteiger partial charge in [0.1, 0.15) is 11.6 Å². The molecule has 2 aromatic carbocycles. The molecule has 19 heavy (non-hydrogen) atoms. The standard InChI is InChI=1S/C14H11ClF2OS/c15-10-2-1-3-13(6-10)19-8-14(18)9-4-11(16)7-12(17)5-9/h1-7,14,18H,8H2. The molecule has 0 aliphatic rings. The largest absolute Gasteiger partial charge is 0.388 e. The average Bonchev–Trinajstić information content (AvgIpc) is 2.35. The fourth-order valence-electron chi connectivity index (χ4n) is 1.60. The van der Waals surface area contributed by atoms with Gasteiger partial charge in [-0.1, -0.05) is 17.7 Å². The van der Waals surface area contributed by atoms with E-state index >= 15 is 0 Å². The summed E-state index contributed by atoms with van der Waals surface area (Å²) in [7, 11) is 0. The Bertz CT molecular complexity index is 557. The maximum atomic E-state index is 13.0. The molecule has 0 aromatic heterocycles. The minimum absolute atomic E-state index is 0.229.